The van der Waals surface area contributed by atoms with Crippen LogP contribution in [0.15, 0.2) is 24.3 Å². The molecule has 0 unspecified atom stereocenters. The summed E-state index contributed by atoms with van der Waals surface area (Å²) >= 11 is 0. The lowest BCUT2D eigenvalue weighted by Gasteiger charge is -2.58. The van der Waals surface area contributed by atoms with E-state index in [4.69, 9.17) is 0 Å². The molecule has 4 bridgehead atoms. The highest BCUT2D eigenvalue weighted by Crippen LogP contribution is 2.60. The van der Waals surface area contributed by atoms with Crippen LogP contribution in [0.1, 0.15) is 11.1 Å². The molecule has 6 fully saturated rings. The third kappa shape index (κ3) is 3.05. The summed E-state index contributed by atoms with van der Waals surface area (Å²) in [7, 11) is 11.3. The van der Waals surface area contributed by atoms with E-state index in [0.717, 1.165) is 11.1 Å². The number of hydrogen-bond donors (Lipinski definition) is 2. The van der Waals surface area contributed by atoms with E-state index in [0.29, 0.717) is 0 Å². The molecule has 4 atom stereocenters. The second kappa shape index (κ2) is 8.46. The van der Waals surface area contributed by atoms with E-state index in [1.807, 2.05) is 24.3 Å². The Labute approximate surface area is 224 Å². The Hall–Kier alpha value is -1.58. The van der Waals surface area contributed by atoms with Gasteiger partial charge in [-0.2, -0.15) is 0 Å². The molecule has 7 rings (SSSR count). The smallest absolute Gasteiger partial charge is 0.263 e. The van der Waals surface area contributed by atoms with Crippen molar-refractivity contribution in [1.82, 2.24) is 19.6 Å². The first kappa shape index (κ1) is 26.0. The Morgan fingerprint density at radius 1 is 0.556 bits per heavy atom. The molecule has 1 aromatic rings. The van der Waals surface area contributed by atoms with Crippen LogP contribution < -0.4 is 0 Å². The molecule has 0 spiro atoms. The highest BCUT2D eigenvalue weighted by atomic mass is 33.1. The van der Waals surface area contributed by atoms with Gasteiger partial charge in [0.05, 0.1) is 13.2 Å². The first-order valence-electron chi connectivity index (χ1n) is 11.1. The molecule has 0 saturated carbocycles. The second-order valence-corrected chi connectivity index (χ2v) is 14.8. The van der Waals surface area contributed by atoms with Crippen LogP contribution in [-0.2, 0) is 32.0 Å². The first-order valence-corrected chi connectivity index (χ1v) is 15.4. The fourth-order valence-electron chi connectivity index (χ4n) is 5.10. The number of likely N-dealkylation sites (N-methyl/N-ethyl adjacent to an activating group) is 4. The largest absolute Gasteiger partial charge is 0.392 e. The quantitative estimate of drug-likeness (QED) is 0.459. The summed E-state index contributed by atoms with van der Waals surface area (Å²) < 4.78 is 0. The molecule has 6 saturated heterocycles. The molecule has 6 aliphatic rings. The van der Waals surface area contributed by atoms with Gasteiger partial charge in [0.15, 0.2) is 9.74 Å². The molecular formula is C22H26N4O6S4. The van der Waals surface area contributed by atoms with Crippen LogP contribution in [0.5, 0.6) is 0 Å². The topological polar surface area (TPSA) is 122 Å². The predicted octanol–water partition coefficient (Wildman–Crippen LogP) is 0.192. The van der Waals surface area contributed by atoms with E-state index >= 15 is 0 Å². The highest BCUT2D eigenvalue weighted by Gasteiger charge is 2.68. The molecule has 6 aliphatic heterocycles. The standard InChI is InChI=1S/C22H26N4O6S4/c1-23-17(31)21(11-27)25(3)15(29)19(23,33-35-21)9-13-5-7-14(8-6-13)10-20-16(30)26(4)22(12-28,36-34-20)18(32)24(20)2/h5-8,27-28H,9-12H2,1-4H3/t19-,20+,21-,22+. The van der Waals surface area contributed by atoms with Crippen LogP contribution in [0, 0.1) is 0 Å². The molecule has 194 valence electrons. The van der Waals surface area contributed by atoms with Crippen LogP contribution in [0.4, 0.5) is 0 Å². The Balaban J connectivity index is 1.39. The number of piperazine rings is 2. The van der Waals surface area contributed by atoms with E-state index < -0.39 is 32.7 Å². The van der Waals surface area contributed by atoms with Crippen LogP contribution in [0.25, 0.3) is 0 Å². The van der Waals surface area contributed by atoms with E-state index in [9.17, 15) is 29.4 Å². The predicted molar refractivity (Wildman–Crippen MR) is 140 cm³/mol. The fraction of sp³-hybridized carbons (Fsp3) is 0.545. The molecule has 10 nitrogen and oxygen atoms in total. The van der Waals surface area contributed by atoms with Crippen LogP contribution in [0.2, 0.25) is 0 Å². The average Bonchev–Trinajstić information content (AvgIpc) is 2.88. The summed E-state index contributed by atoms with van der Waals surface area (Å²) in [4.78, 5) is 53.5. The number of aliphatic hydroxyl groups excluding tert-OH is 2. The lowest BCUT2D eigenvalue weighted by atomic mass is 9.94. The maximum Gasteiger partial charge on any atom is 0.263 e. The SMILES string of the molecule is CN1C(=O)[C@]2(Cc3ccc(C[C@]45SS[C@](CO)(C(=O)N4C)N(C)C5=O)cc3)SS[C@@]1(CO)C(=O)N2C. The second-order valence-electron chi connectivity index (χ2n) is 9.41. The number of fused-ring (bicyclic) bond motifs is 6. The molecule has 1 aromatic carbocycles. The molecule has 0 aliphatic carbocycles. The van der Waals surface area contributed by atoms with Gasteiger partial charge in [-0.05, 0) is 32.7 Å². The van der Waals surface area contributed by atoms with Gasteiger partial charge in [-0.3, -0.25) is 19.2 Å². The summed E-state index contributed by atoms with van der Waals surface area (Å²) in [6, 6.07) is 7.49. The van der Waals surface area contributed by atoms with Crippen molar-refractivity contribution < 1.29 is 29.4 Å². The number of nitrogens with zero attached hydrogens (tertiary/aromatic N) is 4. The van der Waals surface area contributed by atoms with E-state index in [1.165, 1.54) is 62.8 Å². The average molecular weight is 571 g/mol. The Bertz CT molecular complexity index is 1080. The molecular weight excluding hydrogens is 545 g/mol. The lowest BCUT2D eigenvalue weighted by molar-refractivity contribution is -0.165. The van der Waals surface area contributed by atoms with Crippen LogP contribution in [0.3, 0.4) is 0 Å². The van der Waals surface area contributed by atoms with Crippen molar-refractivity contribution in [3.05, 3.63) is 35.4 Å². The van der Waals surface area contributed by atoms with Crippen LogP contribution in [-0.4, -0.2) is 114 Å². The third-order valence-corrected chi connectivity index (χ3v) is 15.1. The van der Waals surface area contributed by atoms with Gasteiger partial charge in [-0.25, -0.2) is 0 Å². The van der Waals surface area contributed by atoms with Gasteiger partial charge in [0, 0.05) is 41.0 Å². The molecule has 6 heterocycles. The van der Waals surface area contributed by atoms with Crippen molar-refractivity contribution in [3.8, 4) is 0 Å². The first-order chi connectivity index (χ1) is 17.0. The van der Waals surface area contributed by atoms with E-state index in [1.54, 1.807) is 28.2 Å². The number of carbonyl (C=O) groups is 4. The van der Waals surface area contributed by atoms with E-state index in [-0.39, 0.29) is 36.5 Å². The highest BCUT2D eigenvalue weighted by molar-refractivity contribution is 8.78. The van der Waals surface area contributed by atoms with Crippen LogP contribution >= 0.6 is 43.2 Å². The molecule has 36 heavy (non-hydrogen) atoms. The third-order valence-electron chi connectivity index (χ3n) is 7.70. The van der Waals surface area contributed by atoms with Gasteiger partial charge in [-0.15, -0.1) is 0 Å². The minimum Gasteiger partial charge on any atom is -0.392 e. The number of carbonyl (C=O) groups excluding carboxylic acids is 4. The summed E-state index contributed by atoms with van der Waals surface area (Å²) in [6.07, 6.45) is 0.569. The fourth-order valence-corrected chi connectivity index (χ4v) is 12.3. The van der Waals surface area contributed by atoms with Crippen molar-refractivity contribution in [2.24, 2.45) is 0 Å². The zero-order chi connectivity index (χ0) is 26.3. The number of hydrogen-bond acceptors (Lipinski definition) is 10. The Morgan fingerprint density at radius 2 is 0.806 bits per heavy atom. The molecule has 2 N–H and O–H groups in total. The summed E-state index contributed by atoms with van der Waals surface area (Å²) in [5, 5.41) is 19.8. The number of benzene rings is 1. The van der Waals surface area contributed by atoms with Crippen molar-refractivity contribution in [1.29, 1.82) is 0 Å². The van der Waals surface area contributed by atoms with Crippen molar-refractivity contribution >= 4 is 66.8 Å². The normalized spacial score (nSPS) is 35.9. The number of aliphatic hydroxyl groups is 2. The van der Waals surface area contributed by atoms with Gasteiger partial charge in [-0.1, -0.05) is 45.9 Å². The van der Waals surface area contributed by atoms with Gasteiger partial charge in [0.1, 0.15) is 0 Å². The van der Waals surface area contributed by atoms with Crippen molar-refractivity contribution in [3.63, 3.8) is 0 Å². The number of amides is 4. The number of rotatable bonds is 6. The van der Waals surface area contributed by atoms with Crippen molar-refractivity contribution in [2.45, 2.75) is 32.3 Å². The van der Waals surface area contributed by atoms with Gasteiger partial charge >= 0.3 is 0 Å². The Morgan fingerprint density at radius 3 is 1.11 bits per heavy atom. The summed E-state index contributed by atoms with van der Waals surface area (Å²) in [5.41, 5.74) is 1.68. The zero-order valence-corrected chi connectivity index (χ0v) is 23.4. The molecule has 4 amide bonds. The van der Waals surface area contributed by atoms with Gasteiger partial charge < -0.3 is 29.8 Å². The minimum atomic E-state index is -1.30. The lowest BCUT2D eigenvalue weighted by Crippen LogP contribution is -2.77. The summed E-state index contributed by atoms with van der Waals surface area (Å²) in [5.74, 6) is -1.07. The molecule has 14 heteroatoms. The Kier molecular flexibility index (Phi) is 6.12. The van der Waals surface area contributed by atoms with Gasteiger partial charge in [0.25, 0.3) is 23.6 Å². The molecule has 0 aromatic heterocycles. The minimum absolute atomic E-state index is 0.232. The van der Waals surface area contributed by atoms with Crippen molar-refractivity contribution in [2.75, 3.05) is 41.4 Å². The monoisotopic (exact) mass is 570 g/mol. The zero-order valence-electron chi connectivity index (χ0n) is 20.1. The maximum atomic E-state index is 13.3. The molecule has 0 radical (unpaired) electrons. The van der Waals surface area contributed by atoms with E-state index in [2.05, 4.69) is 0 Å². The maximum absolute atomic E-state index is 13.3. The van der Waals surface area contributed by atoms with Gasteiger partial charge in [0.2, 0.25) is 9.74 Å². The summed E-state index contributed by atoms with van der Waals surface area (Å²) in [6.45, 7) is -0.910.